The molecular weight excluding hydrogens is 310 g/mol. The smallest absolute Gasteiger partial charge is 0.233 e. The number of aromatic nitrogens is 4. The molecule has 0 unspecified atom stereocenters. The molecular formula is C16H21N5OS. The molecule has 1 fully saturated rings. The maximum Gasteiger partial charge on any atom is 0.233 e. The summed E-state index contributed by atoms with van der Waals surface area (Å²) in [5.41, 5.74) is 0.938. The number of carbonyl (C=O) groups excluding carboxylic acids is 1. The zero-order chi connectivity index (χ0) is 16.1. The van der Waals surface area contributed by atoms with Crippen molar-refractivity contribution < 1.29 is 4.79 Å². The van der Waals surface area contributed by atoms with Crippen molar-refractivity contribution in [2.45, 2.75) is 43.8 Å². The van der Waals surface area contributed by atoms with Crippen LogP contribution >= 0.6 is 11.8 Å². The predicted molar refractivity (Wildman–Crippen MR) is 90.0 cm³/mol. The summed E-state index contributed by atoms with van der Waals surface area (Å²) in [5, 5.41) is 7.70. The van der Waals surface area contributed by atoms with Crippen LogP contribution in [-0.2, 0) is 4.79 Å². The maximum absolute atomic E-state index is 12.4. The van der Waals surface area contributed by atoms with Gasteiger partial charge in [0, 0.05) is 30.5 Å². The van der Waals surface area contributed by atoms with Gasteiger partial charge in [0.1, 0.15) is 0 Å². The van der Waals surface area contributed by atoms with Crippen LogP contribution in [-0.4, -0.2) is 49.3 Å². The number of pyridine rings is 1. The molecule has 1 N–H and O–H groups in total. The molecule has 1 aliphatic heterocycles. The van der Waals surface area contributed by atoms with E-state index in [1.165, 1.54) is 18.2 Å². The monoisotopic (exact) mass is 331 g/mol. The van der Waals surface area contributed by atoms with Gasteiger partial charge in [-0.1, -0.05) is 18.7 Å². The number of H-pyrrole nitrogens is 1. The zero-order valence-electron chi connectivity index (χ0n) is 13.2. The van der Waals surface area contributed by atoms with Gasteiger partial charge in [0.2, 0.25) is 11.1 Å². The number of thioether (sulfide) groups is 1. The van der Waals surface area contributed by atoms with Gasteiger partial charge in [0.05, 0.1) is 5.75 Å². The first-order valence-electron chi connectivity index (χ1n) is 8.03. The second-order valence-electron chi connectivity index (χ2n) is 5.64. The lowest BCUT2D eigenvalue weighted by Crippen LogP contribution is -2.44. The van der Waals surface area contributed by atoms with E-state index in [1.807, 2.05) is 17.0 Å². The molecule has 0 spiro atoms. The highest BCUT2D eigenvalue weighted by Crippen LogP contribution is 2.23. The second kappa shape index (κ2) is 7.59. The van der Waals surface area contributed by atoms with E-state index in [9.17, 15) is 4.79 Å². The molecule has 0 aliphatic carbocycles. The summed E-state index contributed by atoms with van der Waals surface area (Å²) in [4.78, 5) is 22.9. The summed E-state index contributed by atoms with van der Waals surface area (Å²) < 4.78 is 0. The van der Waals surface area contributed by atoms with Gasteiger partial charge in [0.25, 0.3) is 0 Å². The summed E-state index contributed by atoms with van der Waals surface area (Å²) in [5.74, 6) is 1.29. The highest BCUT2D eigenvalue weighted by atomic mass is 32.2. The number of nitrogens with one attached hydrogen (secondary N) is 1. The van der Waals surface area contributed by atoms with Gasteiger partial charge in [-0.3, -0.25) is 14.9 Å². The van der Waals surface area contributed by atoms with Gasteiger partial charge >= 0.3 is 0 Å². The molecule has 1 saturated heterocycles. The van der Waals surface area contributed by atoms with E-state index in [2.05, 4.69) is 27.1 Å². The van der Waals surface area contributed by atoms with E-state index in [4.69, 9.17) is 0 Å². The summed E-state index contributed by atoms with van der Waals surface area (Å²) >= 11 is 1.39. The van der Waals surface area contributed by atoms with E-state index in [-0.39, 0.29) is 5.91 Å². The minimum atomic E-state index is 0.191. The van der Waals surface area contributed by atoms with E-state index in [1.54, 1.807) is 12.4 Å². The summed E-state index contributed by atoms with van der Waals surface area (Å²) in [7, 11) is 0. The van der Waals surface area contributed by atoms with Crippen molar-refractivity contribution in [3.63, 3.8) is 0 Å². The van der Waals surface area contributed by atoms with Crippen LogP contribution < -0.4 is 0 Å². The molecule has 1 aliphatic rings. The molecule has 0 aromatic carbocycles. The van der Waals surface area contributed by atoms with Crippen molar-refractivity contribution in [3.05, 3.63) is 24.5 Å². The first kappa shape index (κ1) is 16.0. The third kappa shape index (κ3) is 3.90. The van der Waals surface area contributed by atoms with Gasteiger partial charge in [-0.2, -0.15) is 0 Å². The van der Waals surface area contributed by atoms with Crippen molar-refractivity contribution in [1.29, 1.82) is 0 Å². The summed E-state index contributed by atoms with van der Waals surface area (Å²) in [6, 6.07) is 4.15. The van der Waals surface area contributed by atoms with Gasteiger partial charge in [-0.15, -0.1) is 5.10 Å². The first-order chi connectivity index (χ1) is 11.3. The van der Waals surface area contributed by atoms with Crippen molar-refractivity contribution in [2.75, 3.05) is 12.3 Å². The van der Waals surface area contributed by atoms with Gasteiger partial charge in [-0.25, -0.2) is 4.98 Å². The van der Waals surface area contributed by atoms with Gasteiger partial charge in [0.15, 0.2) is 5.82 Å². The van der Waals surface area contributed by atoms with Crippen LogP contribution in [0.4, 0.5) is 0 Å². The Labute approximate surface area is 140 Å². The van der Waals surface area contributed by atoms with Crippen molar-refractivity contribution in [1.82, 2.24) is 25.1 Å². The maximum atomic E-state index is 12.4. The molecule has 0 saturated carbocycles. The largest absolute Gasteiger partial charge is 0.339 e. The molecule has 2 aromatic heterocycles. The van der Waals surface area contributed by atoms with Crippen molar-refractivity contribution in [3.8, 4) is 11.4 Å². The average Bonchev–Trinajstić information content (AvgIpc) is 3.09. The molecule has 0 radical (unpaired) electrons. The third-order valence-corrected chi connectivity index (χ3v) is 4.99. The highest BCUT2D eigenvalue weighted by molar-refractivity contribution is 7.99. The SMILES string of the molecule is CC[C@@H]1CCCCN1C(=O)CSc1n[nH]c(-c2ccncc2)n1. The van der Waals surface area contributed by atoms with Crippen LogP contribution in [0.1, 0.15) is 32.6 Å². The summed E-state index contributed by atoms with van der Waals surface area (Å²) in [6.07, 6.45) is 7.93. The lowest BCUT2D eigenvalue weighted by molar-refractivity contribution is -0.132. The average molecular weight is 331 g/mol. The summed E-state index contributed by atoms with van der Waals surface area (Å²) in [6.45, 7) is 3.04. The van der Waals surface area contributed by atoms with Crippen molar-refractivity contribution >= 4 is 17.7 Å². The zero-order valence-corrected chi connectivity index (χ0v) is 14.1. The number of hydrogen-bond acceptors (Lipinski definition) is 5. The molecule has 1 amide bonds. The van der Waals surface area contributed by atoms with E-state index in [0.717, 1.165) is 31.4 Å². The Hall–Kier alpha value is -1.89. The van der Waals surface area contributed by atoms with E-state index in [0.29, 0.717) is 22.8 Å². The number of amides is 1. The Balaban J connectivity index is 1.58. The number of nitrogens with zero attached hydrogens (tertiary/aromatic N) is 4. The van der Waals surface area contributed by atoms with Gasteiger partial charge in [-0.05, 0) is 37.8 Å². The highest BCUT2D eigenvalue weighted by Gasteiger charge is 2.25. The second-order valence-corrected chi connectivity index (χ2v) is 6.58. The fourth-order valence-corrected chi connectivity index (χ4v) is 3.60. The number of carbonyl (C=O) groups is 1. The number of piperidine rings is 1. The number of aromatic amines is 1. The molecule has 0 bridgehead atoms. The quantitative estimate of drug-likeness (QED) is 0.853. The van der Waals surface area contributed by atoms with Crippen LogP contribution in [0.25, 0.3) is 11.4 Å². The standard InChI is InChI=1S/C16H21N5OS/c1-2-13-5-3-4-10-21(13)14(22)11-23-16-18-15(19-20-16)12-6-8-17-9-7-12/h6-9,13H,2-5,10-11H2,1H3,(H,18,19,20)/t13-/m1/s1. The van der Waals surface area contributed by atoms with Crippen LogP contribution in [0, 0.1) is 0 Å². The topological polar surface area (TPSA) is 74.8 Å². The van der Waals surface area contributed by atoms with Crippen LogP contribution in [0.2, 0.25) is 0 Å². The minimum absolute atomic E-state index is 0.191. The molecule has 7 heteroatoms. The fraction of sp³-hybridized carbons (Fsp3) is 0.500. The first-order valence-corrected chi connectivity index (χ1v) is 9.01. The molecule has 122 valence electrons. The molecule has 23 heavy (non-hydrogen) atoms. The Morgan fingerprint density at radius 2 is 2.22 bits per heavy atom. The lowest BCUT2D eigenvalue weighted by atomic mass is 10.0. The lowest BCUT2D eigenvalue weighted by Gasteiger charge is -2.35. The van der Waals surface area contributed by atoms with Crippen molar-refractivity contribution in [2.24, 2.45) is 0 Å². The van der Waals surface area contributed by atoms with Gasteiger partial charge < -0.3 is 4.90 Å². The Morgan fingerprint density at radius 1 is 1.39 bits per heavy atom. The Morgan fingerprint density at radius 3 is 3.00 bits per heavy atom. The molecule has 3 rings (SSSR count). The van der Waals surface area contributed by atoms with E-state index < -0.39 is 0 Å². The normalized spacial score (nSPS) is 18.1. The third-order valence-electron chi connectivity index (χ3n) is 4.16. The van der Waals surface area contributed by atoms with Crippen LogP contribution in [0.3, 0.4) is 0 Å². The fourth-order valence-electron chi connectivity index (χ4n) is 2.91. The molecule has 6 nitrogen and oxygen atoms in total. The van der Waals surface area contributed by atoms with Crippen LogP contribution in [0.15, 0.2) is 29.7 Å². The van der Waals surface area contributed by atoms with Crippen LogP contribution in [0.5, 0.6) is 0 Å². The number of likely N-dealkylation sites (tertiary alicyclic amines) is 1. The Bertz CT molecular complexity index is 645. The molecule has 1 atom stereocenters. The minimum Gasteiger partial charge on any atom is -0.339 e. The number of rotatable bonds is 5. The predicted octanol–water partition coefficient (Wildman–Crippen LogP) is 2.75. The molecule has 3 heterocycles. The van der Waals surface area contributed by atoms with E-state index >= 15 is 0 Å². The molecule has 2 aromatic rings. The Kier molecular flexibility index (Phi) is 5.27. The number of hydrogen-bond donors (Lipinski definition) is 1.